The third-order valence-corrected chi connectivity index (χ3v) is 4.62. The predicted octanol–water partition coefficient (Wildman–Crippen LogP) is 4.73. The largest absolute Gasteiger partial charge is 0.381 e. The molecule has 0 heterocycles. The number of allylic oxidation sites excluding steroid dienone is 1. The minimum Gasteiger partial charge on any atom is -0.381 e. The van der Waals surface area contributed by atoms with Gasteiger partial charge in [-0.05, 0) is 55.6 Å². The van der Waals surface area contributed by atoms with Crippen molar-refractivity contribution in [1.29, 1.82) is 0 Å². The fourth-order valence-electron chi connectivity index (χ4n) is 3.25. The number of hydrogen-bond acceptors (Lipinski definition) is 1. The van der Waals surface area contributed by atoms with E-state index in [1.807, 2.05) is 0 Å². The molecular weight excluding hydrogens is 220 g/mol. The summed E-state index contributed by atoms with van der Waals surface area (Å²) in [6.45, 7) is 4.23. The molecule has 102 valence electrons. The first-order valence-corrected chi connectivity index (χ1v) is 7.85. The van der Waals surface area contributed by atoms with E-state index in [1.54, 1.807) is 0 Å². The number of ether oxygens (including phenoxy) is 1. The highest BCUT2D eigenvalue weighted by molar-refractivity contribution is 4.98. The average Bonchev–Trinajstić information content (AvgIpc) is 2.89. The number of hydrogen-bond donors (Lipinski definition) is 0. The Morgan fingerprint density at radius 2 is 2.00 bits per heavy atom. The molecule has 0 aliphatic heterocycles. The molecule has 2 aliphatic rings. The second kappa shape index (κ2) is 7.81. The fourth-order valence-corrected chi connectivity index (χ4v) is 3.25. The first kappa shape index (κ1) is 13.9. The van der Waals surface area contributed by atoms with E-state index in [2.05, 4.69) is 24.8 Å². The van der Waals surface area contributed by atoms with Crippen molar-refractivity contribution in [1.82, 2.24) is 0 Å². The lowest BCUT2D eigenvalue weighted by Crippen LogP contribution is -2.13. The van der Waals surface area contributed by atoms with Crippen LogP contribution in [0.5, 0.6) is 0 Å². The summed E-state index contributed by atoms with van der Waals surface area (Å²) in [6, 6.07) is 0. The van der Waals surface area contributed by atoms with Crippen molar-refractivity contribution in [3.8, 4) is 0 Å². The van der Waals surface area contributed by atoms with Gasteiger partial charge in [0.1, 0.15) is 0 Å². The van der Waals surface area contributed by atoms with Gasteiger partial charge >= 0.3 is 0 Å². The maximum Gasteiger partial charge on any atom is 0.0471 e. The molecule has 2 atom stereocenters. The minimum absolute atomic E-state index is 0.685. The summed E-state index contributed by atoms with van der Waals surface area (Å²) in [7, 11) is 0. The highest BCUT2D eigenvalue weighted by Crippen LogP contribution is 2.28. The fraction of sp³-hybridized carbons (Fsp3) is 0.824. The summed E-state index contributed by atoms with van der Waals surface area (Å²) in [5, 5.41) is 0. The molecule has 0 saturated heterocycles. The molecule has 0 radical (unpaired) electrons. The second-order valence-corrected chi connectivity index (χ2v) is 6.11. The van der Waals surface area contributed by atoms with Crippen LogP contribution in [-0.2, 0) is 4.74 Å². The van der Waals surface area contributed by atoms with Crippen molar-refractivity contribution < 1.29 is 4.74 Å². The molecule has 2 unspecified atom stereocenters. The van der Waals surface area contributed by atoms with Crippen LogP contribution in [0.4, 0.5) is 0 Å². The molecule has 1 saturated carbocycles. The van der Waals surface area contributed by atoms with E-state index in [9.17, 15) is 0 Å². The van der Waals surface area contributed by atoms with Gasteiger partial charge in [-0.2, -0.15) is 0 Å². The zero-order chi connectivity index (χ0) is 12.6. The van der Waals surface area contributed by atoms with Crippen LogP contribution >= 0.6 is 0 Å². The average molecular weight is 248 g/mol. The molecule has 1 heteroatoms. The third-order valence-electron chi connectivity index (χ3n) is 4.62. The van der Waals surface area contributed by atoms with E-state index < -0.39 is 0 Å². The van der Waals surface area contributed by atoms with Gasteiger partial charge in [0.2, 0.25) is 0 Å². The predicted molar refractivity (Wildman–Crippen MR) is 76.6 cm³/mol. The molecule has 2 aliphatic carbocycles. The van der Waals surface area contributed by atoms with Gasteiger partial charge in [0.15, 0.2) is 0 Å². The van der Waals surface area contributed by atoms with Gasteiger partial charge in [-0.25, -0.2) is 0 Å². The Bertz CT molecular complexity index is 282. The van der Waals surface area contributed by atoms with Crippen LogP contribution in [0.1, 0.15) is 58.3 Å². The zero-order valence-electron chi connectivity index (χ0n) is 11.9. The molecule has 0 aromatic heterocycles. The van der Waals surface area contributed by atoms with Gasteiger partial charge in [-0.15, -0.1) is 5.73 Å². The highest BCUT2D eigenvalue weighted by atomic mass is 16.5. The van der Waals surface area contributed by atoms with Gasteiger partial charge in [0.25, 0.3) is 0 Å². The van der Waals surface area contributed by atoms with Gasteiger partial charge in [-0.3, -0.25) is 0 Å². The summed E-state index contributed by atoms with van der Waals surface area (Å²) in [5.74, 6) is 2.47. The minimum atomic E-state index is 0.685. The van der Waals surface area contributed by atoms with Crippen LogP contribution in [0, 0.1) is 17.8 Å². The Balaban J connectivity index is 1.47. The molecule has 0 amide bonds. The molecule has 0 aromatic rings. The third kappa shape index (κ3) is 4.63. The van der Waals surface area contributed by atoms with Crippen LogP contribution in [0.25, 0.3) is 0 Å². The maximum atomic E-state index is 5.79. The molecule has 0 aromatic carbocycles. The number of rotatable bonds is 7. The lowest BCUT2D eigenvalue weighted by molar-refractivity contribution is 0.112. The first-order valence-electron chi connectivity index (χ1n) is 7.85. The van der Waals surface area contributed by atoms with E-state index in [1.165, 1.54) is 51.4 Å². The maximum absolute atomic E-state index is 5.79. The normalized spacial score (nSPS) is 28.1. The van der Waals surface area contributed by atoms with Gasteiger partial charge in [-0.1, -0.05) is 32.6 Å². The Kier molecular flexibility index (Phi) is 6.04. The quantitative estimate of drug-likeness (QED) is 0.467. The van der Waals surface area contributed by atoms with E-state index in [-0.39, 0.29) is 0 Å². The second-order valence-electron chi connectivity index (χ2n) is 6.11. The Morgan fingerprint density at radius 3 is 2.78 bits per heavy atom. The summed E-state index contributed by atoms with van der Waals surface area (Å²) < 4.78 is 5.79. The molecule has 1 nitrogen and oxygen atoms in total. The van der Waals surface area contributed by atoms with Crippen LogP contribution in [-0.4, -0.2) is 13.2 Å². The monoisotopic (exact) mass is 248 g/mol. The van der Waals surface area contributed by atoms with Gasteiger partial charge < -0.3 is 4.74 Å². The van der Waals surface area contributed by atoms with Crippen LogP contribution in [0.3, 0.4) is 0 Å². The molecule has 0 spiro atoms. The van der Waals surface area contributed by atoms with Crippen LogP contribution < -0.4 is 0 Å². The molecule has 0 bridgehead atoms. The smallest absolute Gasteiger partial charge is 0.0471 e. The van der Waals surface area contributed by atoms with Crippen molar-refractivity contribution >= 4 is 0 Å². The topological polar surface area (TPSA) is 9.23 Å². The lowest BCUT2D eigenvalue weighted by atomic mass is 9.86. The Labute approximate surface area is 112 Å². The van der Waals surface area contributed by atoms with Crippen molar-refractivity contribution in [2.75, 3.05) is 13.2 Å². The molecular formula is C17H28O. The van der Waals surface area contributed by atoms with Gasteiger partial charge in [0.05, 0.1) is 0 Å². The molecule has 0 N–H and O–H groups in total. The Hall–Kier alpha value is -0.520. The summed E-state index contributed by atoms with van der Waals surface area (Å²) in [4.78, 5) is 0. The summed E-state index contributed by atoms with van der Waals surface area (Å²) >= 11 is 0. The van der Waals surface area contributed by atoms with Crippen LogP contribution in [0.2, 0.25) is 0 Å². The van der Waals surface area contributed by atoms with Crippen molar-refractivity contribution in [3.05, 3.63) is 17.9 Å². The Morgan fingerprint density at radius 1 is 1.17 bits per heavy atom. The SMILES string of the molecule is CC1CC=C=CC1CCOCCCC1CCCC1. The molecule has 18 heavy (non-hydrogen) atoms. The van der Waals surface area contributed by atoms with Crippen LogP contribution in [0.15, 0.2) is 17.9 Å². The van der Waals surface area contributed by atoms with Crippen molar-refractivity contribution in [3.63, 3.8) is 0 Å². The zero-order valence-corrected chi connectivity index (χ0v) is 11.9. The highest BCUT2D eigenvalue weighted by Gasteiger charge is 2.16. The van der Waals surface area contributed by atoms with E-state index >= 15 is 0 Å². The van der Waals surface area contributed by atoms with Crippen molar-refractivity contribution in [2.45, 2.75) is 58.3 Å². The van der Waals surface area contributed by atoms with E-state index in [0.717, 1.165) is 25.0 Å². The standard InChI is InChI=1S/C17H28O/c1-15-7-2-5-11-17(15)12-14-18-13-6-10-16-8-3-4-9-16/h2,11,15-17H,3-4,6-10,12-14H2,1H3. The summed E-state index contributed by atoms with van der Waals surface area (Å²) in [5.41, 5.74) is 3.25. The molecule has 2 rings (SSSR count). The van der Waals surface area contributed by atoms with E-state index in [0.29, 0.717) is 5.92 Å². The molecule has 1 fully saturated rings. The lowest BCUT2D eigenvalue weighted by Gasteiger charge is -2.20. The van der Waals surface area contributed by atoms with E-state index in [4.69, 9.17) is 4.74 Å². The van der Waals surface area contributed by atoms with Crippen molar-refractivity contribution in [2.24, 2.45) is 17.8 Å². The first-order chi connectivity index (χ1) is 8.86. The summed E-state index contributed by atoms with van der Waals surface area (Å²) in [6.07, 6.45) is 15.3. The van der Waals surface area contributed by atoms with Gasteiger partial charge in [0, 0.05) is 13.2 Å².